The molecule has 0 atom stereocenters. The van der Waals surface area contributed by atoms with Crippen LogP contribution in [0, 0.1) is 0 Å². The number of benzene rings is 8. The van der Waals surface area contributed by atoms with Crippen molar-refractivity contribution in [3.63, 3.8) is 0 Å². The first-order valence-electron chi connectivity index (χ1n) is 33.2. The minimum absolute atomic E-state index is 0.0617. The Bertz CT molecular complexity index is 3560. The highest BCUT2D eigenvalue weighted by Gasteiger charge is 2.30. The van der Waals surface area contributed by atoms with E-state index in [2.05, 4.69) is 0 Å². The highest BCUT2D eigenvalue weighted by molar-refractivity contribution is 6.16. The number of para-hydroxylation sites is 4. The van der Waals surface area contributed by atoms with E-state index in [1.165, 1.54) is 14.2 Å². The standard InChI is InChI=1S/C76H86O24/c1-79-53-99-73-61(75(77)97-51-55-19-21-67-69(47-55)95-45-37-87-29-27-83-33-41-91-65-17-9-7-15-63(65)89-39-31-81-23-25-85-35-43-93-67)49-57-11-3-5-13-59(57)71(73)72-60-14-6-4-12-58(60)50-62(74(72)100-54-80-2)76(78)98-52-56-20-22-68-70(48-56)96-46-38-88-30-28-84-34-42-92-66-18-10-8-16-64(66)90-40-32-82-24-26-86-36-44-94-68/h3-22,47-50H,23-46,51-54H2,1-2H3. The Hall–Kier alpha value is -9.18. The molecule has 0 aliphatic carbocycles. The Labute approximate surface area is 581 Å². The minimum atomic E-state index is -0.726. The molecule has 24 heteroatoms. The molecule has 0 fully saturated rings. The molecule has 0 saturated carbocycles. The molecule has 10 rings (SSSR count). The van der Waals surface area contributed by atoms with E-state index in [1.807, 2.05) is 97.1 Å². The van der Waals surface area contributed by atoms with Crippen molar-refractivity contribution in [2.24, 2.45) is 0 Å². The molecule has 0 radical (unpaired) electrons. The highest BCUT2D eigenvalue weighted by atomic mass is 16.7. The van der Waals surface area contributed by atoms with E-state index in [0.717, 1.165) is 0 Å². The first-order valence-corrected chi connectivity index (χ1v) is 33.2. The van der Waals surface area contributed by atoms with Gasteiger partial charge < -0.3 is 104 Å². The summed E-state index contributed by atoms with van der Waals surface area (Å²) in [6, 6.07) is 43.8. The first-order chi connectivity index (χ1) is 49.4. The van der Waals surface area contributed by atoms with Crippen molar-refractivity contribution in [2.45, 2.75) is 13.2 Å². The van der Waals surface area contributed by atoms with Crippen LogP contribution in [0.25, 0.3) is 32.7 Å². The molecule has 534 valence electrons. The quantitative estimate of drug-likeness (QED) is 0.0770. The molecule has 0 aromatic heterocycles. The fourth-order valence-electron chi connectivity index (χ4n) is 10.5. The van der Waals surface area contributed by atoms with Crippen LogP contribution in [0.2, 0.25) is 0 Å². The number of ether oxygens (including phenoxy) is 22. The van der Waals surface area contributed by atoms with E-state index in [9.17, 15) is 9.59 Å². The molecule has 8 aromatic rings. The van der Waals surface area contributed by atoms with Crippen molar-refractivity contribution in [1.82, 2.24) is 0 Å². The third kappa shape index (κ3) is 22.4. The van der Waals surface area contributed by atoms with Crippen LogP contribution in [-0.2, 0) is 70.1 Å². The molecule has 2 aliphatic heterocycles. The summed E-state index contributed by atoms with van der Waals surface area (Å²) in [5.74, 6) is 2.90. The van der Waals surface area contributed by atoms with E-state index in [-0.39, 0.29) is 102 Å². The van der Waals surface area contributed by atoms with E-state index in [4.69, 9.17) is 104 Å². The number of carbonyl (C=O) groups is 2. The average molecular weight is 1380 g/mol. The number of rotatable bonds is 13. The van der Waals surface area contributed by atoms with Crippen LogP contribution in [-0.4, -0.2) is 198 Å². The van der Waals surface area contributed by atoms with E-state index >= 15 is 0 Å². The number of fused-ring (bicyclic) bond motifs is 6. The zero-order valence-corrected chi connectivity index (χ0v) is 56.5. The van der Waals surface area contributed by atoms with Gasteiger partial charge in [-0.1, -0.05) is 84.9 Å². The van der Waals surface area contributed by atoms with Crippen LogP contribution < -0.4 is 47.4 Å². The maximum Gasteiger partial charge on any atom is 0.342 e. The smallest absolute Gasteiger partial charge is 0.342 e. The molecule has 2 heterocycles. The molecule has 0 amide bonds. The van der Waals surface area contributed by atoms with E-state index in [0.29, 0.717) is 196 Å². The second kappa shape index (κ2) is 41.4. The normalized spacial score (nSPS) is 16.0. The number of methoxy groups -OCH3 is 2. The molecular formula is C76H86O24. The topological polar surface area (TPSA) is 237 Å². The van der Waals surface area contributed by atoms with Crippen LogP contribution in [0.5, 0.6) is 57.5 Å². The molecule has 2 aliphatic rings. The summed E-state index contributed by atoms with van der Waals surface area (Å²) in [6.45, 7) is 6.34. The van der Waals surface area contributed by atoms with Crippen LogP contribution in [0.4, 0.5) is 0 Å². The molecular weight excluding hydrogens is 1300 g/mol. The molecule has 0 unspecified atom stereocenters. The van der Waals surface area contributed by atoms with E-state index in [1.54, 1.807) is 48.5 Å². The predicted molar refractivity (Wildman–Crippen MR) is 366 cm³/mol. The summed E-state index contributed by atoms with van der Waals surface area (Å²) >= 11 is 0. The summed E-state index contributed by atoms with van der Waals surface area (Å²) in [5, 5.41) is 2.60. The molecule has 0 saturated heterocycles. The number of hydrogen-bond acceptors (Lipinski definition) is 24. The van der Waals surface area contributed by atoms with Crippen LogP contribution in [0.15, 0.2) is 146 Å². The Kier molecular flexibility index (Phi) is 30.4. The van der Waals surface area contributed by atoms with Crippen molar-refractivity contribution in [3.05, 3.63) is 168 Å². The van der Waals surface area contributed by atoms with Gasteiger partial charge in [0, 0.05) is 25.3 Å². The SMILES string of the molecule is COCOc1c(C(=O)OCc2ccc3c(c2)OCCOCCOCCOc2ccccc2OCCOCCOCCO3)cc2ccccc2c1-c1c(OCOC)c(C(=O)OCc2ccc3c(c2)OCCOCCOCCOc2ccccc2OCCOCCOCCO3)cc2ccccc12. The Morgan fingerprint density at radius 1 is 0.300 bits per heavy atom. The number of esters is 2. The van der Waals surface area contributed by atoms with Crippen molar-refractivity contribution in [1.29, 1.82) is 0 Å². The van der Waals surface area contributed by atoms with Gasteiger partial charge in [0.25, 0.3) is 0 Å². The van der Waals surface area contributed by atoms with Gasteiger partial charge in [0.15, 0.2) is 59.6 Å². The van der Waals surface area contributed by atoms with E-state index < -0.39 is 11.9 Å². The summed E-state index contributed by atoms with van der Waals surface area (Å²) in [6.07, 6.45) is 0. The maximum atomic E-state index is 14.9. The maximum absolute atomic E-state index is 14.9. The monoisotopic (exact) mass is 1380 g/mol. The van der Waals surface area contributed by atoms with Gasteiger partial charge >= 0.3 is 11.9 Å². The molecule has 0 bridgehead atoms. The van der Waals surface area contributed by atoms with Crippen LogP contribution in [0.1, 0.15) is 31.8 Å². The third-order valence-corrected chi connectivity index (χ3v) is 15.2. The lowest BCUT2D eigenvalue weighted by molar-refractivity contribution is 0.0223. The Morgan fingerprint density at radius 2 is 0.560 bits per heavy atom. The fourth-order valence-corrected chi connectivity index (χ4v) is 10.5. The second-order valence-electron chi connectivity index (χ2n) is 22.1. The number of hydrogen-bond donors (Lipinski definition) is 0. The lowest BCUT2D eigenvalue weighted by Gasteiger charge is -2.23. The summed E-state index contributed by atoms with van der Waals surface area (Å²) in [5.41, 5.74) is 2.12. The van der Waals surface area contributed by atoms with Gasteiger partial charge in [-0.3, -0.25) is 0 Å². The molecule has 0 N–H and O–H groups in total. The largest absolute Gasteiger partial charge is 0.487 e. The highest BCUT2D eigenvalue weighted by Crippen LogP contribution is 2.49. The van der Waals surface area contributed by atoms with Gasteiger partial charge in [-0.2, -0.15) is 0 Å². The molecule has 8 aromatic carbocycles. The van der Waals surface area contributed by atoms with Crippen LogP contribution >= 0.6 is 0 Å². The van der Waals surface area contributed by atoms with Gasteiger partial charge in [-0.05, 0) is 93.3 Å². The second-order valence-corrected chi connectivity index (χ2v) is 22.1. The molecule has 24 nitrogen and oxygen atoms in total. The van der Waals surface area contributed by atoms with Crippen molar-refractivity contribution in [3.8, 4) is 68.6 Å². The Balaban J connectivity index is 0.852. The summed E-state index contributed by atoms with van der Waals surface area (Å²) in [4.78, 5) is 29.8. The van der Waals surface area contributed by atoms with Crippen molar-refractivity contribution in [2.75, 3.05) is 186 Å². The average Bonchev–Trinajstić information content (AvgIpc) is 0.734. The van der Waals surface area contributed by atoms with Gasteiger partial charge in [-0.15, -0.1) is 0 Å². The zero-order valence-electron chi connectivity index (χ0n) is 56.5. The molecule has 100 heavy (non-hydrogen) atoms. The Morgan fingerprint density at radius 3 is 0.860 bits per heavy atom. The van der Waals surface area contributed by atoms with Gasteiger partial charge in [0.2, 0.25) is 0 Å². The number of carbonyl (C=O) groups excluding carboxylic acids is 2. The molecule has 0 spiro atoms. The zero-order chi connectivity index (χ0) is 69.0. The lowest BCUT2D eigenvalue weighted by Crippen LogP contribution is -2.15. The minimum Gasteiger partial charge on any atom is -0.487 e. The fraction of sp³-hybridized carbons (Fsp3) is 0.395. The lowest BCUT2D eigenvalue weighted by atomic mass is 9.88. The van der Waals surface area contributed by atoms with Crippen molar-refractivity contribution < 1.29 is 114 Å². The van der Waals surface area contributed by atoms with Gasteiger partial charge in [0.05, 0.1) is 106 Å². The van der Waals surface area contributed by atoms with Crippen molar-refractivity contribution >= 4 is 33.5 Å². The first kappa shape index (κ1) is 73.5. The third-order valence-electron chi connectivity index (χ3n) is 15.2. The predicted octanol–water partition coefficient (Wildman–Crippen LogP) is 10.9. The van der Waals surface area contributed by atoms with Gasteiger partial charge in [0.1, 0.15) is 88.7 Å². The summed E-state index contributed by atoms with van der Waals surface area (Å²) < 4.78 is 131. The van der Waals surface area contributed by atoms with Crippen LogP contribution in [0.3, 0.4) is 0 Å². The van der Waals surface area contributed by atoms with Gasteiger partial charge in [-0.25, -0.2) is 9.59 Å². The summed E-state index contributed by atoms with van der Waals surface area (Å²) in [7, 11) is 2.94.